The van der Waals surface area contributed by atoms with E-state index in [1.165, 1.54) is 11.3 Å². The minimum atomic E-state index is 0.299. The molecule has 20 heavy (non-hydrogen) atoms. The summed E-state index contributed by atoms with van der Waals surface area (Å²) in [5.74, 6) is 0. The van der Waals surface area contributed by atoms with Gasteiger partial charge in [-0.1, -0.05) is 18.2 Å². The molecule has 0 saturated carbocycles. The third-order valence-electron chi connectivity index (χ3n) is 4.98. The van der Waals surface area contributed by atoms with Gasteiger partial charge in [-0.3, -0.25) is 0 Å². The predicted molar refractivity (Wildman–Crippen MR) is 77.9 cm³/mol. The van der Waals surface area contributed by atoms with Crippen molar-refractivity contribution >= 4 is 5.69 Å². The average Bonchev–Trinajstić information content (AvgIpc) is 2.84. The number of hydrazine groups is 1. The Morgan fingerprint density at radius 1 is 0.900 bits per heavy atom. The molecule has 3 aliphatic rings. The van der Waals surface area contributed by atoms with Gasteiger partial charge < -0.3 is 14.5 Å². The maximum atomic E-state index is 5.60. The first-order chi connectivity index (χ1) is 9.89. The Balaban J connectivity index is 1.69. The molecule has 1 spiro atoms. The number of benzene rings is 1. The summed E-state index contributed by atoms with van der Waals surface area (Å²) in [4.78, 5) is 0. The van der Waals surface area contributed by atoms with Crippen LogP contribution in [0.5, 0.6) is 0 Å². The van der Waals surface area contributed by atoms with Crippen molar-refractivity contribution in [3.8, 4) is 0 Å². The van der Waals surface area contributed by atoms with Gasteiger partial charge in [0.05, 0.1) is 18.9 Å². The molecule has 3 heterocycles. The third kappa shape index (κ3) is 1.94. The minimum absolute atomic E-state index is 0.299. The average molecular weight is 274 g/mol. The molecule has 4 rings (SSSR count). The van der Waals surface area contributed by atoms with Crippen molar-refractivity contribution in [3.63, 3.8) is 0 Å². The number of para-hydroxylation sites is 1. The zero-order valence-corrected chi connectivity index (χ0v) is 11.9. The number of rotatable bonds is 1. The van der Waals surface area contributed by atoms with Gasteiger partial charge in [0.25, 0.3) is 0 Å². The second-order valence-electron chi connectivity index (χ2n) is 6.03. The van der Waals surface area contributed by atoms with Gasteiger partial charge in [0.1, 0.15) is 0 Å². The standard InChI is InChI=1S/C16H22N2O2/c1-2-4-15-14(3-1)16(5-9-19-10-6-16)13-18(15)17-7-11-20-12-8-17/h1-4H,5-13H2. The van der Waals surface area contributed by atoms with Crippen LogP contribution in [0.4, 0.5) is 5.69 Å². The summed E-state index contributed by atoms with van der Waals surface area (Å²) >= 11 is 0. The molecule has 0 aromatic heterocycles. The van der Waals surface area contributed by atoms with E-state index in [4.69, 9.17) is 9.47 Å². The topological polar surface area (TPSA) is 24.9 Å². The van der Waals surface area contributed by atoms with E-state index in [0.717, 1.165) is 58.9 Å². The Hall–Kier alpha value is -1.10. The molecule has 0 aliphatic carbocycles. The SMILES string of the molecule is c1ccc2c(c1)N(N1CCOCC1)CC21CCOCC1. The van der Waals surface area contributed by atoms with Crippen molar-refractivity contribution in [2.75, 3.05) is 51.1 Å². The molecular formula is C16H22N2O2. The molecule has 0 unspecified atom stereocenters. The summed E-state index contributed by atoms with van der Waals surface area (Å²) in [6.45, 7) is 6.58. The Labute approximate surface area is 120 Å². The van der Waals surface area contributed by atoms with Gasteiger partial charge in [0.15, 0.2) is 0 Å². The first-order valence-electron chi connectivity index (χ1n) is 7.67. The highest BCUT2D eigenvalue weighted by Gasteiger charge is 2.45. The van der Waals surface area contributed by atoms with E-state index < -0.39 is 0 Å². The Morgan fingerprint density at radius 2 is 1.60 bits per heavy atom. The van der Waals surface area contributed by atoms with Crippen molar-refractivity contribution in [3.05, 3.63) is 29.8 Å². The molecule has 1 aromatic carbocycles. The zero-order chi connectivity index (χ0) is 13.4. The summed E-state index contributed by atoms with van der Waals surface area (Å²) in [6.07, 6.45) is 2.29. The fourth-order valence-electron chi connectivity index (χ4n) is 3.84. The second-order valence-corrected chi connectivity index (χ2v) is 6.03. The summed E-state index contributed by atoms with van der Waals surface area (Å²) in [5.41, 5.74) is 3.22. The summed E-state index contributed by atoms with van der Waals surface area (Å²) < 4.78 is 11.1. The van der Waals surface area contributed by atoms with Gasteiger partial charge >= 0.3 is 0 Å². The van der Waals surface area contributed by atoms with Gasteiger partial charge in [-0.2, -0.15) is 0 Å². The molecule has 0 amide bonds. The van der Waals surface area contributed by atoms with E-state index in [0.29, 0.717) is 5.41 Å². The van der Waals surface area contributed by atoms with E-state index >= 15 is 0 Å². The van der Waals surface area contributed by atoms with Crippen LogP contribution in [-0.2, 0) is 14.9 Å². The van der Waals surface area contributed by atoms with Crippen molar-refractivity contribution in [1.29, 1.82) is 0 Å². The Morgan fingerprint density at radius 3 is 2.40 bits per heavy atom. The first kappa shape index (κ1) is 12.6. The van der Waals surface area contributed by atoms with Crippen LogP contribution in [0.25, 0.3) is 0 Å². The predicted octanol–water partition coefficient (Wildman–Crippen LogP) is 1.80. The summed E-state index contributed by atoms with van der Waals surface area (Å²) in [6, 6.07) is 8.93. The molecule has 4 nitrogen and oxygen atoms in total. The number of nitrogens with zero attached hydrogens (tertiary/aromatic N) is 2. The van der Waals surface area contributed by atoms with E-state index in [-0.39, 0.29) is 0 Å². The fourth-order valence-corrected chi connectivity index (χ4v) is 3.84. The van der Waals surface area contributed by atoms with Gasteiger partial charge in [0.2, 0.25) is 0 Å². The van der Waals surface area contributed by atoms with Crippen molar-refractivity contribution in [2.45, 2.75) is 18.3 Å². The highest BCUT2D eigenvalue weighted by Crippen LogP contribution is 2.47. The lowest BCUT2D eigenvalue weighted by Crippen LogP contribution is -2.51. The minimum Gasteiger partial charge on any atom is -0.381 e. The van der Waals surface area contributed by atoms with Crippen LogP contribution in [-0.4, -0.2) is 51.1 Å². The van der Waals surface area contributed by atoms with Crippen LogP contribution in [0.1, 0.15) is 18.4 Å². The number of hydrogen-bond donors (Lipinski definition) is 0. The smallest absolute Gasteiger partial charge is 0.0612 e. The van der Waals surface area contributed by atoms with Gasteiger partial charge in [-0.15, -0.1) is 0 Å². The molecule has 4 heteroatoms. The monoisotopic (exact) mass is 274 g/mol. The van der Waals surface area contributed by atoms with Crippen molar-refractivity contribution in [2.24, 2.45) is 0 Å². The van der Waals surface area contributed by atoms with E-state index in [9.17, 15) is 0 Å². The molecule has 1 aromatic rings. The second kappa shape index (κ2) is 5.02. The Kier molecular flexibility index (Phi) is 3.17. The zero-order valence-electron chi connectivity index (χ0n) is 11.9. The lowest BCUT2D eigenvalue weighted by molar-refractivity contribution is 0.0230. The van der Waals surface area contributed by atoms with E-state index in [2.05, 4.69) is 34.3 Å². The number of morpholine rings is 1. The molecule has 108 valence electrons. The third-order valence-corrected chi connectivity index (χ3v) is 4.98. The number of anilines is 1. The summed E-state index contributed by atoms with van der Waals surface area (Å²) in [7, 11) is 0. The van der Waals surface area contributed by atoms with Crippen LogP contribution >= 0.6 is 0 Å². The largest absolute Gasteiger partial charge is 0.381 e. The normalized spacial score (nSPS) is 25.9. The van der Waals surface area contributed by atoms with E-state index in [1.807, 2.05) is 0 Å². The highest BCUT2D eigenvalue weighted by molar-refractivity contribution is 5.62. The molecule has 2 saturated heterocycles. The maximum absolute atomic E-state index is 5.60. The van der Waals surface area contributed by atoms with Crippen molar-refractivity contribution < 1.29 is 9.47 Å². The van der Waals surface area contributed by atoms with Crippen molar-refractivity contribution in [1.82, 2.24) is 5.01 Å². The molecule has 0 bridgehead atoms. The van der Waals surface area contributed by atoms with Crippen LogP contribution in [0.15, 0.2) is 24.3 Å². The number of ether oxygens (including phenoxy) is 2. The quantitative estimate of drug-likeness (QED) is 0.779. The fraction of sp³-hybridized carbons (Fsp3) is 0.625. The van der Waals surface area contributed by atoms with Crippen LogP contribution in [0, 0.1) is 0 Å². The molecule has 0 N–H and O–H groups in total. The van der Waals surface area contributed by atoms with Crippen LogP contribution < -0.4 is 5.01 Å². The molecule has 0 radical (unpaired) electrons. The number of fused-ring (bicyclic) bond motifs is 2. The van der Waals surface area contributed by atoms with Gasteiger partial charge in [-0.05, 0) is 24.5 Å². The first-order valence-corrected chi connectivity index (χ1v) is 7.67. The van der Waals surface area contributed by atoms with E-state index in [1.54, 1.807) is 0 Å². The molecule has 3 aliphatic heterocycles. The molecular weight excluding hydrogens is 252 g/mol. The highest BCUT2D eigenvalue weighted by atomic mass is 16.5. The molecule has 0 atom stereocenters. The molecule has 2 fully saturated rings. The van der Waals surface area contributed by atoms with Crippen LogP contribution in [0.2, 0.25) is 0 Å². The number of hydrogen-bond acceptors (Lipinski definition) is 4. The summed E-state index contributed by atoms with van der Waals surface area (Å²) in [5, 5.41) is 4.97. The Bertz CT molecular complexity index is 479. The maximum Gasteiger partial charge on any atom is 0.0612 e. The van der Waals surface area contributed by atoms with Gasteiger partial charge in [0, 0.05) is 38.3 Å². The van der Waals surface area contributed by atoms with Gasteiger partial charge in [-0.25, -0.2) is 5.01 Å². The lowest BCUT2D eigenvalue weighted by Gasteiger charge is -2.39. The van der Waals surface area contributed by atoms with Crippen LogP contribution in [0.3, 0.4) is 0 Å². The lowest BCUT2D eigenvalue weighted by atomic mass is 9.76.